The van der Waals surface area contributed by atoms with Crippen LogP contribution in [0, 0.1) is 23.1 Å². The lowest BCUT2D eigenvalue weighted by molar-refractivity contribution is 0.394. The summed E-state index contributed by atoms with van der Waals surface area (Å²) in [5.41, 5.74) is 0.466. The second-order valence-corrected chi connectivity index (χ2v) is 6.11. The highest BCUT2D eigenvalue weighted by Gasteiger charge is 2.20. The fourth-order valence-corrected chi connectivity index (χ4v) is 3.80. The van der Waals surface area contributed by atoms with Crippen molar-refractivity contribution in [3.63, 3.8) is 0 Å². The van der Waals surface area contributed by atoms with E-state index in [0.29, 0.717) is 10.8 Å². The van der Waals surface area contributed by atoms with E-state index in [4.69, 9.17) is 5.26 Å². The molecule has 17 heavy (non-hydrogen) atoms. The minimum atomic E-state index is -0.331. The smallest absolute Gasteiger partial charge is 0.124 e. The van der Waals surface area contributed by atoms with Crippen molar-refractivity contribution in [1.82, 2.24) is 0 Å². The first kappa shape index (κ1) is 12.4. The molecule has 0 amide bonds. The molecular weight excluding hydrogens is 233 g/mol. The van der Waals surface area contributed by atoms with Gasteiger partial charge in [-0.05, 0) is 37.0 Å². The SMILES string of the molecule is CC1CCCC(Sc2ccc(F)cc2C#N)C1. The van der Waals surface area contributed by atoms with E-state index in [-0.39, 0.29) is 5.82 Å². The molecule has 0 bridgehead atoms. The van der Waals surface area contributed by atoms with Crippen LogP contribution in [0.25, 0.3) is 0 Å². The molecule has 2 rings (SSSR count). The first-order valence-electron chi connectivity index (χ1n) is 6.05. The third-order valence-electron chi connectivity index (χ3n) is 3.24. The maximum Gasteiger partial charge on any atom is 0.124 e. The van der Waals surface area contributed by atoms with Crippen LogP contribution >= 0.6 is 11.8 Å². The van der Waals surface area contributed by atoms with Gasteiger partial charge in [-0.2, -0.15) is 5.26 Å². The summed E-state index contributed by atoms with van der Waals surface area (Å²) in [6.45, 7) is 2.28. The van der Waals surface area contributed by atoms with Crippen molar-refractivity contribution < 1.29 is 4.39 Å². The Morgan fingerprint density at radius 3 is 2.94 bits per heavy atom. The number of hydrogen-bond acceptors (Lipinski definition) is 2. The molecule has 2 atom stereocenters. The predicted octanol–water partition coefficient (Wildman–Crippen LogP) is 4.37. The summed E-state index contributed by atoms with van der Waals surface area (Å²) >= 11 is 1.74. The molecule has 1 aliphatic rings. The molecule has 90 valence electrons. The maximum absolute atomic E-state index is 13.0. The highest BCUT2D eigenvalue weighted by atomic mass is 32.2. The van der Waals surface area contributed by atoms with E-state index in [2.05, 4.69) is 13.0 Å². The molecule has 1 saturated carbocycles. The number of rotatable bonds is 2. The van der Waals surface area contributed by atoms with Gasteiger partial charge in [-0.3, -0.25) is 0 Å². The quantitative estimate of drug-likeness (QED) is 0.777. The summed E-state index contributed by atoms with van der Waals surface area (Å²) in [7, 11) is 0. The topological polar surface area (TPSA) is 23.8 Å². The number of nitriles is 1. The second-order valence-electron chi connectivity index (χ2n) is 4.76. The van der Waals surface area contributed by atoms with E-state index in [9.17, 15) is 4.39 Å². The van der Waals surface area contributed by atoms with Crippen molar-refractivity contribution in [2.75, 3.05) is 0 Å². The Hall–Kier alpha value is -1.01. The van der Waals surface area contributed by atoms with Gasteiger partial charge >= 0.3 is 0 Å². The summed E-state index contributed by atoms with van der Waals surface area (Å²) < 4.78 is 13.0. The molecule has 3 heteroatoms. The Kier molecular flexibility index (Phi) is 4.06. The molecular formula is C14H16FNS. The van der Waals surface area contributed by atoms with Crippen LogP contribution in [0.5, 0.6) is 0 Å². The molecule has 0 radical (unpaired) electrons. The van der Waals surface area contributed by atoms with Crippen molar-refractivity contribution in [2.45, 2.75) is 42.8 Å². The Labute approximate surface area is 106 Å². The van der Waals surface area contributed by atoms with Gasteiger partial charge < -0.3 is 0 Å². The summed E-state index contributed by atoms with van der Waals surface area (Å²) in [4.78, 5) is 0.924. The van der Waals surface area contributed by atoms with E-state index >= 15 is 0 Å². The fraction of sp³-hybridized carbons (Fsp3) is 0.500. The number of nitrogens with zero attached hydrogens (tertiary/aromatic N) is 1. The maximum atomic E-state index is 13.0. The van der Waals surface area contributed by atoms with E-state index in [0.717, 1.165) is 10.8 Å². The summed E-state index contributed by atoms with van der Waals surface area (Å²) in [6.07, 6.45) is 4.98. The lowest BCUT2D eigenvalue weighted by atomic mass is 9.91. The summed E-state index contributed by atoms with van der Waals surface area (Å²) in [5, 5.41) is 9.57. The minimum Gasteiger partial charge on any atom is -0.207 e. The first-order chi connectivity index (χ1) is 8.19. The zero-order valence-corrected chi connectivity index (χ0v) is 10.8. The monoisotopic (exact) mass is 249 g/mol. The highest BCUT2D eigenvalue weighted by molar-refractivity contribution is 8.00. The van der Waals surface area contributed by atoms with Crippen molar-refractivity contribution in [2.24, 2.45) is 5.92 Å². The van der Waals surface area contributed by atoms with Gasteiger partial charge in [0.15, 0.2) is 0 Å². The Bertz CT molecular complexity index is 438. The third kappa shape index (κ3) is 3.23. The van der Waals surface area contributed by atoms with Crippen LogP contribution in [0.3, 0.4) is 0 Å². The van der Waals surface area contributed by atoms with Crippen LogP contribution in [0.15, 0.2) is 23.1 Å². The van der Waals surface area contributed by atoms with Crippen LogP contribution in [0.2, 0.25) is 0 Å². The zero-order chi connectivity index (χ0) is 12.3. The van der Waals surface area contributed by atoms with E-state index in [1.54, 1.807) is 17.8 Å². The van der Waals surface area contributed by atoms with Crippen LogP contribution in [-0.4, -0.2) is 5.25 Å². The molecule has 0 aliphatic heterocycles. The second kappa shape index (κ2) is 5.55. The Morgan fingerprint density at radius 1 is 1.41 bits per heavy atom. The fourth-order valence-electron chi connectivity index (χ4n) is 2.36. The first-order valence-corrected chi connectivity index (χ1v) is 6.93. The third-order valence-corrected chi connectivity index (χ3v) is 4.62. The van der Waals surface area contributed by atoms with E-state index < -0.39 is 0 Å². The molecule has 0 aromatic heterocycles. The standard InChI is InChI=1S/C14H16FNS/c1-10-3-2-4-13(7-10)17-14-6-5-12(15)8-11(14)9-16/h5-6,8,10,13H,2-4,7H2,1H3. The minimum absolute atomic E-state index is 0.331. The predicted molar refractivity (Wildman–Crippen MR) is 68.4 cm³/mol. The molecule has 0 N–H and O–H groups in total. The lowest BCUT2D eigenvalue weighted by Crippen LogP contribution is -2.15. The van der Waals surface area contributed by atoms with Crippen LogP contribution in [0.1, 0.15) is 38.2 Å². The van der Waals surface area contributed by atoms with Crippen molar-refractivity contribution in [1.29, 1.82) is 5.26 Å². The van der Waals surface area contributed by atoms with Gasteiger partial charge in [0.1, 0.15) is 11.9 Å². The largest absolute Gasteiger partial charge is 0.207 e. The number of benzene rings is 1. The summed E-state index contributed by atoms with van der Waals surface area (Å²) in [5.74, 6) is 0.440. The molecule has 1 aromatic rings. The lowest BCUT2D eigenvalue weighted by Gasteiger charge is -2.26. The normalized spacial score (nSPS) is 24.3. The van der Waals surface area contributed by atoms with Crippen LogP contribution in [0.4, 0.5) is 4.39 Å². The molecule has 0 saturated heterocycles. The molecule has 0 spiro atoms. The molecule has 2 unspecified atom stereocenters. The Balaban J connectivity index is 2.10. The van der Waals surface area contributed by atoms with Gasteiger partial charge in [0.2, 0.25) is 0 Å². The number of halogens is 1. The van der Waals surface area contributed by atoms with Crippen LogP contribution in [-0.2, 0) is 0 Å². The Morgan fingerprint density at radius 2 is 2.24 bits per heavy atom. The number of thioether (sulfide) groups is 1. The van der Waals surface area contributed by atoms with Crippen molar-refractivity contribution in [3.8, 4) is 6.07 Å². The van der Waals surface area contributed by atoms with Gasteiger partial charge in [-0.1, -0.05) is 19.8 Å². The molecule has 1 nitrogen and oxygen atoms in total. The average molecular weight is 249 g/mol. The van der Waals surface area contributed by atoms with Crippen molar-refractivity contribution in [3.05, 3.63) is 29.6 Å². The van der Waals surface area contributed by atoms with Gasteiger partial charge in [-0.15, -0.1) is 11.8 Å². The number of hydrogen-bond donors (Lipinski definition) is 0. The van der Waals surface area contributed by atoms with E-state index in [1.807, 2.05) is 0 Å². The van der Waals surface area contributed by atoms with E-state index in [1.165, 1.54) is 37.8 Å². The molecule has 1 aliphatic carbocycles. The summed E-state index contributed by atoms with van der Waals surface area (Å²) in [6, 6.07) is 6.58. The van der Waals surface area contributed by atoms with Gasteiger partial charge in [0.05, 0.1) is 5.56 Å². The average Bonchev–Trinajstić information content (AvgIpc) is 2.31. The zero-order valence-electron chi connectivity index (χ0n) is 9.95. The van der Waals surface area contributed by atoms with Gasteiger partial charge in [0, 0.05) is 10.1 Å². The molecule has 1 fully saturated rings. The highest BCUT2D eigenvalue weighted by Crippen LogP contribution is 2.37. The molecule has 0 heterocycles. The van der Waals surface area contributed by atoms with Gasteiger partial charge in [0.25, 0.3) is 0 Å². The van der Waals surface area contributed by atoms with Crippen LogP contribution < -0.4 is 0 Å². The van der Waals surface area contributed by atoms with Crippen molar-refractivity contribution >= 4 is 11.8 Å². The molecule has 1 aromatic carbocycles. The van der Waals surface area contributed by atoms with Gasteiger partial charge in [-0.25, -0.2) is 4.39 Å².